The fourth-order valence-electron chi connectivity index (χ4n) is 2.52. The van der Waals surface area contributed by atoms with Crippen molar-refractivity contribution in [3.05, 3.63) is 83.9 Å². The molecule has 0 aliphatic heterocycles. The van der Waals surface area contributed by atoms with Gasteiger partial charge in [-0.15, -0.1) is 0 Å². The van der Waals surface area contributed by atoms with E-state index in [1.54, 1.807) is 24.3 Å². The first kappa shape index (κ1) is 20.0. The van der Waals surface area contributed by atoms with Gasteiger partial charge in [-0.3, -0.25) is 14.6 Å². The van der Waals surface area contributed by atoms with Crippen LogP contribution >= 0.6 is 0 Å². The molecule has 2 amide bonds. The molecule has 0 saturated heterocycles. The maximum Gasteiger partial charge on any atom is 0.274 e. The van der Waals surface area contributed by atoms with E-state index in [9.17, 15) is 14.0 Å². The summed E-state index contributed by atoms with van der Waals surface area (Å²) in [6, 6.07) is 15.3. The summed E-state index contributed by atoms with van der Waals surface area (Å²) >= 11 is 0. The Kier molecular flexibility index (Phi) is 6.19. The van der Waals surface area contributed by atoms with E-state index in [4.69, 9.17) is 4.74 Å². The second kappa shape index (κ2) is 8.97. The van der Waals surface area contributed by atoms with Crippen LogP contribution in [0.4, 0.5) is 15.8 Å². The second-order valence-corrected chi connectivity index (χ2v) is 6.54. The molecule has 3 rings (SSSR count). The molecule has 1 heterocycles. The van der Waals surface area contributed by atoms with Crippen LogP contribution in [0.25, 0.3) is 0 Å². The van der Waals surface area contributed by atoms with Crippen molar-refractivity contribution in [3.8, 4) is 5.75 Å². The molecule has 29 heavy (non-hydrogen) atoms. The summed E-state index contributed by atoms with van der Waals surface area (Å²) in [6.45, 7) is 3.87. The highest BCUT2D eigenvalue weighted by atomic mass is 19.1. The summed E-state index contributed by atoms with van der Waals surface area (Å²) in [5, 5.41) is 5.37. The van der Waals surface area contributed by atoms with Crippen LogP contribution in [-0.2, 0) is 0 Å². The van der Waals surface area contributed by atoms with Gasteiger partial charge in [0.1, 0.15) is 17.3 Å². The van der Waals surface area contributed by atoms with Gasteiger partial charge in [-0.25, -0.2) is 4.39 Å². The molecule has 0 unspecified atom stereocenters. The first-order chi connectivity index (χ1) is 13.9. The van der Waals surface area contributed by atoms with E-state index in [0.29, 0.717) is 17.1 Å². The van der Waals surface area contributed by atoms with Crippen molar-refractivity contribution in [2.24, 2.45) is 0 Å². The molecule has 0 aliphatic rings. The van der Waals surface area contributed by atoms with Gasteiger partial charge in [0, 0.05) is 23.1 Å². The third kappa shape index (κ3) is 5.62. The minimum absolute atomic E-state index is 0.0618. The molecule has 7 heteroatoms. The lowest BCUT2D eigenvalue weighted by Gasteiger charge is -2.11. The summed E-state index contributed by atoms with van der Waals surface area (Å²) in [5.74, 6) is -0.563. The molecule has 1 aromatic heterocycles. The van der Waals surface area contributed by atoms with Gasteiger partial charge in [-0.1, -0.05) is 0 Å². The molecule has 3 aromatic rings. The van der Waals surface area contributed by atoms with Crippen LogP contribution < -0.4 is 15.4 Å². The van der Waals surface area contributed by atoms with E-state index in [1.807, 2.05) is 13.8 Å². The van der Waals surface area contributed by atoms with Gasteiger partial charge in [-0.2, -0.15) is 0 Å². The molecule has 0 saturated carbocycles. The number of nitrogens with one attached hydrogen (secondary N) is 2. The number of ether oxygens (including phenoxy) is 1. The Labute approximate surface area is 167 Å². The van der Waals surface area contributed by atoms with Crippen molar-refractivity contribution in [3.63, 3.8) is 0 Å². The second-order valence-electron chi connectivity index (χ2n) is 6.54. The Morgan fingerprint density at radius 1 is 0.897 bits per heavy atom. The van der Waals surface area contributed by atoms with Crippen molar-refractivity contribution in [1.29, 1.82) is 0 Å². The molecule has 0 fully saturated rings. The fraction of sp³-hybridized carbons (Fsp3) is 0.136. The average Bonchev–Trinajstić information content (AvgIpc) is 2.71. The molecule has 0 atom stereocenters. The molecular formula is C22H20FN3O3. The van der Waals surface area contributed by atoms with E-state index in [1.165, 1.54) is 42.6 Å². The number of pyridine rings is 1. The van der Waals surface area contributed by atoms with Crippen LogP contribution in [-0.4, -0.2) is 22.9 Å². The largest absolute Gasteiger partial charge is 0.491 e. The number of nitrogens with zero attached hydrogens (tertiary/aromatic N) is 1. The highest BCUT2D eigenvalue weighted by Crippen LogP contribution is 2.18. The van der Waals surface area contributed by atoms with Gasteiger partial charge in [0.05, 0.1) is 6.10 Å². The van der Waals surface area contributed by atoms with Crippen LogP contribution in [0.15, 0.2) is 66.9 Å². The quantitative estimate of drug-likeness (QED) is 0.646. The van der Waals surface area contributed by atoms with Crippen LogP contribution in [0.1, 0.15) is 34.7 Å². The first-order valence-electron chi connectivity index (χ1n) is 9.02. The molecular weight excluding hydrogens is 373 g/mol. The number of halogens is 1. The van der Waals surface area contributed by atoms with Gasteiger partial charge < -0.3 is 15.4 Å². The van der Waals surface area contributed by atoms with Crippen molar-refractivity contribution in [2.75, 3.05) is 10.6 Å². The molecule has 6 nitrogen and oxygen atoms in total. The third-order valence-electron chi connectivity index (χ3n) is 3.84. The number of benzene rings is 2. The fourth-order valence-corrected chi connectivity index (χ4v) is 2.52. The minimum Gasteiger partial charge on any atom is -0.491 e. The third-order valence-corrected chi connectivity index (χ3v) is 3.84. The smallest absolute Gasteiger partial charge is 0.274 e. The highest BCUT2D eigenvalue weighted by Gasteiger charge is 2.13. The number of hydrogen-bond donors (Lipinski definition) is 2. The van der Waals surface area contributed by atoms with Gasteiger partial charge in [0.15, 0.2) is 0 Å². The zero-order valence-electron chi connectivity index (χ0n) is 16.0. The summed E-state index contributed by atoms with van der Waals surface area (Å²) in [5.41, 5.74) is 1.38. The number of aromatic nitrogens is 1. The highest BCUT2D eigenvalue weighted by molar-refractivity contribution is 6.07. The number of anilines is 2. The van der Waals surface area contributed by atoms with Gasteiger partial charge in [-0.05, 0) is 74.5 Å². The summed E-state index contributed by atoms with van der Waals surface area (Å²) in [7, 11) is 0. The molecule has 148 valence electrons. The number of rotatable bonds is 6. The number of carbonyl (C=O) groups is 2. The molecule has 0 spiro atoms. The van der Waals surface area contributed by atoms with E-state index in [2.05, 4.69) is 15.6 Å². The zero-order chi connectivity index (χ0) is 20.8. The van der Waals surface area contributed by atoms with Crippen LogP contribution in [0.3, 0.4) is 0 Å². The van der Waals surface area contributed by atoms with Crippen LogP contribution in [0.5, 0.6) is 5.75 Å². The first-order valence-corrected chi connectivity index (χ1v) is 9.02. The van der Waals surface area contributed by atoms with Crippen molar-refractivity contribution < 1.29 is 18.7 Å². The van der Waals surface area contributed by atoms with Gasteiger partial charge in [0.2, 0.25) is 0 Å². The minimum atomic E-state index is -0.499. The van der Waals surface area contributed by atoms with E-state index < -0.39 is 11.7 Å². The standard InChI is InChI=1S/C22H20FN3O3/c1-14(2)29-19-9-7-18(8-10-19)25-21(27)15-11-12-24-20(13-15)22(28)26-17-5-3-16(23)4-6-17/h3-14H,1-2H3,(H,25,27)(H,26,28). The SMILES string of the molecule is CC(C)Oc1ccc(NC(=O)c2ccnc(C(=O)Nc3ccc(F)cc3)c2)cc1. The molecule has 2 N–H and O–H groups in total. The Balaban J connectivity index is 1.67. The molecule has 0 radical (unpaired) electrons. The van der Waals surface area contributed by atoms with E-state index in [-0.39, 0.29) is 23.3 Å². The lowest BCUT2D eigenvalue weighted by molar-refractivity contribution is 0.102. The van der Waals surface area contributed by atoms with Crippen LogP contribution in [0, 0.1) is 5.82 Å². The molecule has 0 bridgehead atoms. The normalized spacial score (nSPS) is 10.5. The maximum atomic E-state index is 13.0. The summed E-state index contributed by atoms with van der Waals surface area (Å²) < 4.78 is 18.5. The van der Waals surface area contributed by atoms with Crippen LogP contribution in [0.2, 0.25) is 0 Å². The monoisotopic (exact) mass is 393 g/mol. The lowest BCUT2D eigenvalue weighted by Crippen LogP contribution is -2.17. The number of carbonyl (C=O) groups excluding carboxylic acids is 2. The number of amides is 2. The average molecular weight is 393 g/mol. The maximum absolute atomic E-state index is 13.0. The van der Waals surface area contributed by atoms with Crippen molar-refractivity contribution >= 4 is 23.2 Å². The van der Waals surface area contributed by atoms with Crippen molar-refractivity contribution in [1.82, 2.24) is 4.98 Å². The predicted octanol–water partition coefficient (Wildman–Crippen LogP) is 4.51. The Morgan fingerprint density at radius 3 is 2.10 bits per heavy atom. The summed E-state index contributed by atoms with van der Waals surface area (Å²) in [4.78, 5) is 28.8. The van der Waals surface area contributed by atoms with Gasteiger partial charge in [0.25, 0.3) is 11.8 Å². The van der Waals surface area contributed by atoms with Gasteiger partial charge >= 0.3 is 0 Å². The van der Waals surface area contributed by atoms with Crippen molar-refractivity contribution in [2.45, 2.75) is 20.0 Å². The lowest BCUT2D eigenvalue weighted by atomic mass is 10.2. The van der Waals surface area contributed by atoms with E-state index in [0.717, 1.165) is 0 Å². The Bertz CT molecular complexity index is 1000. The van der Waals surface area contributed by atoms with E-state index >= 15 is 0 Å². The zero-order valence-corrected chi connectivity index (χ0v) is 16.0. The molecule has 0 aliphatic carbocycles. The molecule has 2 aromatic carbocycles. The Morgan fingerprint density at radius 2 is 1.48 bits per heavy atom. The topological polar surface area (TPSA) is 80.3 Å². The predicted molar refractivity (Wildman–Crippen MR) is 109 cm³/mol. The Hall–Kier alpha value is -3.74. The summed E-state index contributed by atoms with van der Waals surface area (Å²) in [6.07, 6.45) is 1.44. The number of hydrogen-bond acceptors (Lipinski definition) is 4.